The van der Waals surface area contributed by atoms with Crippen molar-refractivity contribution < 1.29 is 22.4 Å². The molecule has 6 heteroatoms. The van der Waals surface area contributed by atoms with Gasteiger partial charge in [-0.3, -0.25) is 4.57 Å². The van der Waals surface area contributed by atoms with Crippen LogP contribution in [0.2, 0.25) is 0 Å². The molecular formula is C14H17F2O3P. The largest absolute Gasteiger partial charge is 0.404 e. The van der Waals surface area contributed by atoms with Crippen molar-refractivity contribution in [3.05, 3.63) is 47.7 Å². The average molecular weight is 302 g/mol. The lowest BCUT2D eigenvalue weighted by molar-refractivity contribution is 0.0795. The van der Waals surface area contributed by atoms with Gasteiger partial charge < -0.3 is 9.05 Å². The van der Waals surface area contributed by atoms with Gasteiger partial charge in [-0.2, -0.15) is 8.78 Å². The number of hydrogen-bond donors (Lipinski definition) is 0. The van der Waals surface area contributed by atoms with E-state index in [1.54, 1.807) is 24.3 Å². The van der Waals surface area contributed by atoms with E-state index in [1.807, 2.05) is 6.07 Å². The zero-order valence-corrected chi connectivity index (χ0v) is 12.3. The molecule has 1 aromatic carbocycles. The Bertz CT molecular complexity index is 512. The van der Waals surface area contributed by atoms with Gasteiger partial charge in [0.05, 0.1) is 13.2 Å². The van der Waals surface area contributed by atoms with Crippen molar-refractivity contribution in [1.82, 2.24) is 0 Å². The van der Waals surface area contributed by atoms with Crippen molar-refractivity contribution in [3.8, 4) is 0 Å². The molecule has 0 atom stereocenters. The highest BCUT2D eigenvalue weighted by molar-refractivity contribution is 7.55. The van der Waals surface area contributed by atoms with Crippen LogP contribution in [0.25, 0.3) is 6.08 Å². The Morgan fingerprint density at radius 1 is 1.20 bits per heavy atom. The smallest absolute Gasteiger partial charge is 0.304 e. The Morgan fingerprint density at radius 3 is 2.25 bits per heavy atom. The van der Waals surface area contributed by atoms with E-state index in [-0.39, 0.29) is 13.2 Å². The van der Waals surface area contributed by atoms with Crippen molar-refractivity contribution in [1.29, 1.82) is 0 Å². The van der Waals surface area contributed by atoms with E-state index in [0.717, 1.165) is 0 Å². The van der Waals surface area contributed by atoms with Gasteiger partial charge in [-0.1, -0.05) is 30.3 Å². The van der Waals surface area contributed by atoms with Crippen LogP contribution in [0.1, 0.15) is 19.4 Å². The zero-order chi connectivity index (χ0) is 15.1. The Hall–Kier alpha value is -1.25. The molecule has 0 spiro atoms. The molecule has 20 heavy (non-hydrogen) atoms. The summed E-state index contributed by atoms with van der Waals surface area (Å²) in [7, 11) is -4.51. The highest BCUT2D eigenvalue weighted by Gasteiger charge is 2.51. The van der Waals surface area contributed by atoms with Crippen molar-refractivity contribution in [3.63, 3.8) is 0 Å². The van der Waals surface area contributed by atoms with Gasteiger partial charge in [-0.15, -0.1) is 5.73 Å². The van der Waals surface area contributed by atoms with Crippen molar-refractivity contribution >= 4 is 13.7 Å². The number of benzene rings is 1. The minimum atomic E-state index is -4.51. The first-order valence-corrected chi connectivity index (χ1v) is 7.75. The van der Waals surface area contributed by atoms with Crippen LogP contribution in [0.4, 0.5) is 8.78 Å². The fourth-order valence-electron chi connectivity index (χ4n) is 1.42. The Labute approximate surface area is 117 Å². The fourth-order valence-corrected chi connectivity index (χ4v) is 2.75. The molecule has 110 valence electrons. The van der Waals surface area contributed by atoms with E-state index in [9.17, 15) is 13.3 Å². The zero-order valence-electron chi connectivity index (χ0n) is 11.4. The molecule has 0 aliphatic heterocycles. The first-order valence-electron chi connectivity index (χ1n) is 6.21. The average Bonchev–Trinajstić information content (AvgIpc) is 2.40. The fraction of sp³-hybridized carbons (Fsp3) is 0.357. The molecule has 0 N–H and O–H groups in total. The molecule has 0 heterocycles. The van der Waals surface area contributed by atoms with Gasteiger partial charge in [-0.25, -0.2) is 0 Å². The van der Waals surface area contributed by atoms with Gasteiger partial charge in [0.2, 0.25) is 0 Å². The van der Waals surface area contributed by atoms with E-state index in [1.165, 1.54) is 19.9 Å². The standard InChI is InChI=1S/C14H17F2O3P/c1-3-18-20(17,19-4-2)14(15,16)12-8-11-13-9-6-5-7-10-13/h5-7,9-12H,3-4H2,1-2H3. The lowest BCUT2D eigenvalue weighted by atomic mass is 10.2. The van der Waals surface area contributed by atoms with Crippen molar-refractivity contribution in [2.45, 2.75) is 19.5 Å². The number of rotatable bonds is 7. The maximum atomic E-state index is 13.9. The summed E-state index contributed by atoms with van der Waals surface area (Å²) in [5.74, 6) is 0. The summed E-state index contributed by atoms with van der Waals surface area (Å²) in [5, 5.41) is 0. The lowest BCUT2D eigenvalue weighted by Gasteiger charge is -2.22. The van der Waals surface area contributed by atoms with E-state index >= 15 is 0 Å². The predicted molar refractivity (Wildman–Crippen MR) is 74.8 cm³/mol. The molecule has 3 nitrogen and oxygen atoms in total. The highest BCUT2D eigenvalue weighted by atomic mass is 31.2. The molecule has 1 rings (SSSR count). The lowest BCUT2D eigenvalue weighted by Crippen LogP contribution is -2.17. The van der Waals surface area contributed by atoms with Crippen molar-refractivity contribution in [2.24, 2.45) is 0 Å². The van der Waals surface area contributed by atoms with Crippen LogP contribution in [-0.4, -0.2) is 18.9 Å². The summed E-state index contributed by atoms with van der Waals surface area (Å²) < 4.78 is 49.1. The summed E-state index contributed by atoms with van der Waals surface area (Å²) in [6.07, 6.45) is 1.79. The Balaban J connectivity index is 2.97. The molecule has 0 saturated heterocycles. The normalized spacial score (nSPS) is 11.8. The summed E-state index contributed by atoms with van der Waals surface area (Å²) in [4.78, 5) is 0. The van der Waals surface area contributed by atoms with Gasteiger partial charge in [0.25, 0.3) is 0 Å². The van der Waals surface area contributed by atoms with Crippen LogP contribution in [0, 0.1) is 0 Å². The highest BCUT2D eigenvalue weighted by Crippen LogP contribution is 2.62. The molecule has 0 unspecified atom stereocenters. The predicted octanol–water partition coefficient (Wildman–Crippen LogP) is 4.71. The quantitative estimate of drug-likeness (QED) is 0.540. The van der Waals surface area contributed by atoms with E-state index in [0.29, 0.717) is 11.6 Å². The minimum absolute atomic E-state index is 0.122. The number of allylic oxidation sites excluding steroid dienone is 1. The molecule has 0 bridgehead atoms. The summed E-state index contributed by atoms with van der Waals surface area (Å²) >= 11 is 0. The summed E-state index contributed by atoms with van der Waals surface area (Å²) in [6.45, 7) is 2.71. The molecule has 0 aliphatic carbocycles. The van der Waals surface area contributed by atoms with Gasteiger partial charge in [0, 0.05) is 6.08 Å². The molecule has 1 aromatic rings. The van der Waals surface area contributed by atoms with Gasteiger partial charge in [0.1, 0.15) is 0 Å². The number of halogens is 2. The molecule has 0 saturated carbocycles. The molecule has 0 amide bonds. The van der Waals surface area contributed by atoms with Crippen LogP contribution < -0.4 is 0 Å². The Kier molecular flexibility index (Phi) is 6.31. The van der Waals surface area contributed by atoms with E-state index < -0.39 is 13.3 Å². The maximum absolute atomic E-state index is 13.9. The van der Waals surface area contributed by atoms with Gasteiger partial charge >= 0.3 is 13.3 Å². The van der Waals surface area contributed by atoms with E-state index in [4.69, 9.17) is 0 Å². The van der Waals surface area contributed by atoms with E-state index in [2.05, 4.69) is 14.8 Å². The van der Waals surface area contributed by atoms with Gasteiger partial charge in [-0.05, 0) is 25.5 Å². The van der Waals surface area contributed by atoms with Crippen LogP contribution in [0.15, 0.2) is 42.1 Å². The molecule has 0 radical (unpaired) electrons. The first-order chi connectivity index (χ1) is 9.45. The second-order valence-electron chi connectivity index (χ2n) is 3.79. The summed E-state index contributed by atoms with van der Waals surface area (Å²) in [5.41, 5.74) is -0.675. The van der Waals surface area contributed by atoms with Crippen LogP contribution in [0.5, 0.6) is 0 Å². The Morgan fingerprint density at radius 2 is 1.75 bits per heavy atom. The second kappa shape index (κ2) is 7.51. The number of hydrogen-bond acceptors (Lipinski definition) is 3. The first kappa shape index (κ1) is 16.8. The molecular weight excluding hydrogens is 285 g/mol. The third kappa shape index (κ3) is 4.39. The SMILES string of the molecule is CCOP(=O)(OCC)C(F)(F)C=C=Cc1ccccc1. The number of alkyl halides is 2. The summed E-state index contributed by atoms with van der Waals surface area (Å²) in [6, 6.07) is 8.84. The maximum Gasteiger partial charge on any atom is 0.404 e. The monoisotopic (exact) mass is 302 g/mol. The van der Waals surface area contributed by atoms with Crippen LogP contribution in [0.3, 0.4) is 0 Å². The molecule has 0 aliphatic rings. The van der Waals surface area contributed by atoms with Crippen LogP contribution >= 0.6 is 7.60 Å². The molecule has 0 aromatic heterocycles. The van der Waals surface area contributed by atoms with Crippen LogP contribution in [-0.2, 0) is 13.6 Å². The van der Waals surface area contributed by atoms with Gasteiger partial charge in [0.15, 0.2) is 0 Å². The molecule has 0 fully saturated rings. The second-order valence-corrected chi connectivity index (χ2v) is 5.89. The topological polar surface area (TPSA) is 35.5 Å². The third-order valence-corrected chi connectivity index (χ3v) is 4.33. The third-order valence-electron chi connectivity index (χ3n) is 2.27. The minimum Gasteiger partial charge on any atom is -0.304 e. The van der Waals surface area contributed by atoms with Crippen molar-refractivity contribution in [2.75, 3.05) is 13.2 Å².